The Hall–Kier alpha value is -0.120. The number of methoxy groups -OCH3 is 1. The molecule has 0 aromatic rings. The van der Waals surface area contributed by atoms with Gasteiger partial charge in [0.2, 0.25) is 0 Å². The van der Waals surface area contributed by atoms with Gasteiger partial charge >= 0.3 is 0 Å². The highest BCUT2D eigenvalue weighted by Crippen LogP contribution is 2.34. The van der Waals surface area contributed by atoms with Gasteiger partial charge in [-0.05, 0) is 38.5 Å². The van der Waals surface area contributed by atoms with Crippen molar-refractivity contribution in [2.75, 3.05) is 20.3 Å². The molecule has 0 heterocycles. The maximum Gasteiger partial charge on any atom is 0.0809 e. The van der Waals surface area contributed by atoms with E-state index < -0.39 is 0 Å². The topological polar surface area (TPSA) is 44.5 Å². The van der Waals surface area contributed by atoms with Gasteiger partial charge in [0.25, 0.3) is 0 Å². The first-order chi connectivity index (χ1) is 7.12. The largest absolute Gasteiger partial charge is 0.382 e. The summed E-state index contributed by atoms with van der Waals surface area (Å²) >= 11 is 0. The van der Waals surface area contributed by atoms with Crippen LogP contribution < -0.4 is 5.73 Å². The van der Waals surface area contributed by atoms with E-state index in [9.17, 15) is 0 Å². The normalized spacial score (nSPS) is 34.0. The van der Waals surface area contributed by atoms with E-state index in [0.717, 1.165) is 18.8 Å². The van der Waals surface area contributed by atoms with Crippen molar-refractivity contribution >= 4 is 0 Å². The molecule has 2 N–H and O–H groups in total. The van der Waals surface area contributed by atoms with Gasteiger partial charge in [-0.3, -0.25) is 0 Å². The number of hydrogen-bond acceptors (Lipinski definition) is 3. The van der Waals surface area contributed by atoms with Gasteiger partial charge in [-0.1, -0.05) is 6.92 Å². The Balaban J connectivity index is 2.46. The number of ether oxygens (including phenoxy) is 2. The smallest absolute Gasteiger partial charge is 0.0809 e. The van der Waals surface area contributed by atoms with Crippen molar-refractivity contribution in [3.63, 3.8) is 0 Å². The second kappa shape index (κ2) is 5.83. The first-order valence-corrected chi connectivity index (χ1v) is 5.99. The molecular weight excluding hydrogens is 190 g/mol. The van der Waals surface area contributed by atoms with Crippen molar-refractivity contribution in [1.29, 1.82) is 0 Å². The van der Waals surface area contributed by atoms with Gasteiger partial charge in [-0.25, -0.2) is 0 Å². The molecule has 1 rings (SSSR count). The summed E-state index contributed by atoms with van der Waals surface area (Å²) in [6.07, 6.45) is 4.80. The van der Waals surface area contributed by atoms with Crippen molar-refractivity contribution in [1.82, 2.24) is 0 Å². The van der Waals surface area contributed by atoms with Crippen LogP contribution in [0.2, 0.25) is 0 Å². The standard InChI is InChI=1S/C12H25NO2/c1-10-4-6-12(9-13,7-5-10)15-11(2)8-14-3/h10-11H,4-9,13H2,1-3H3. The lowest BCUT2D eigenvalue weighted by Gasteiger charge is -2.40. The van der Waals surface area contributed by atoms with E-state index in [1.165, 1.54) is 12.8 Å². The second-order valence-electron chi connectivity index (χ2n) is 4.95. The van der Waals surface area contributed by atoms with Gasteiger partial charge in [0.15, 0.2) is 0 Å². The van der Waals surface area contributed by atoms with E-state index >= 15 is 0 Å². The lowest BCUT2D eigenvalue weighted by atomic mass is 9.79. The predicted molar refractivity (Wildman–Crippen MR) is 61.8 cm³/mol. The summed E-state index contributed by atoms with van der Waals surface area (Å²) in [5.41, 5.74) is 5.78. The Kier molecular flexibility index (Phi) is 5.03. The predicted octanol–water partition coefficient (Wildman–Crippen LogP) is 1.95. The van der Waals surface area contributed by atoms with E-state index in [2.05, 4.69) is 13.8 Å². The summed E-state index contributed by atoms with van der Waals surface area (Å²) in [7, 11) is 1.71. The van der Waals surface area contributed by atoms with Gasteiger partial charge < -0.3 is 15.2 Å². The van der Waals surface area contributed by atoms with Gasteiger partial charge in [-0.2, -0.15) is 0 Å². The van der Waals surface area contributed by atoms with Crippen molar-refractivity contribution in [2.24, 2.45) is 11.7 Å². The maximum atomic E-state index is 6.07. The molecular formula is C12H25NO2. The fourth-order valence-electron chi connectivity index (χ4n) is 2.35. The molecule has 1 atom stereocenters. The molecule has 1 saturated carbocycles. The van der Waals surface area contributed by atoms with Crippen LogP contribution in [-0.4, -0.2) is 32.0 Å². The van der Waals surface area contributed by atoms with Gasteiger partial charge in [-0.15, -0.1) is 0 Å². The molecule has 90 valence electrons. The minimum absolute atomic E-state index is 0.0789. The Morgan fingerprint density at radius 1 is 1.40 bits per heavy atom. The molecule has 0 spiro atoms. The summed E-state index contributed by atoms with van der Waals surface area (Å²) in [5.74, 6) is 0.825. The zero-order valence-corrected chi connectivity index (χ0v) is 10.3. The molecule has 3 nitrogen and oxygen atoms in total. The summed E-state index contributed by atoms with van der Waals surface area (Å²) in [6, 6.07) is 0. The maximum absolute atomic E-state index is 6.07. The second-order valence-corrected chi connectivity index (χ2v) is 4.95. The van der Waals surface area contributed by atoms with Crippen molar-refractivity contribution < 1.29 is 9.47 Å². The molecule has 0 bridgehead atoms. The van der Waals surface area contributed by atoms with Crippen LogP contribution in [0.3, 0.4) is 0 Å². The molecule has 0 aromatic heterocycles. The minimum atomic E-state index is -0.0789. The van der Waals surface area contributed by atoms with Crippen molar-refractivity contribution in [2.45, 2.75) is 51.2 Å². The third-order valence-electron chi connectivity index (χ3n) is 3.41. The van der Waals surface area contributed by atoms with E-state index in [4.69, 9.17) is 15.2 Å². The van der Waals surface area contributed by atoms with Crippen LogP contribution in [0.5, 0.6) is 0 Å². The molecule has 1 fully saturated rings. The lowest BCUT2D eigenvalue weighted by molar-refractivity contribution is -0.123. The van der Waals surface area contributed by atoms with Crippen LogP contribution >= 0.6 is 0 Å². The van der Waals surface area contributed by atoms with Crippen molar-refractivity contribution in [3.05, 3.63) is 0 Å². The van der Waals surface area contributed by atoms with Crippen LogP contribution in [0.25, 0.3) is 0 Å². The SMILES string of the molecule is COCC(C)OC1(CN)CCC(C)CC1. The Labute approximate surface area is 93.3 Å². The van der Waals surface area contributed by atoms with Crippen LogP contribution in [0.1, 0.15) is 39.5 Å². The van der Waals surface area contributed by atoms with Crippen molar-refractivity contribution in [3.8, 4) is 0 Å². The molecule has 0 amide bonds. The monoisotopic (exact) mass is 215 g/mol. The van der Waals surface area contributed by atoms with Crippen LogP contribution in [0.4, 0.5) is 0 Å². The van der Waals surface area contributed by atoms with E-state index in [0.29, 0.717) is 13.2 Å². The minimum Gasteiger partial charge on any atom is -0.382 e. The molecule has 3 heteroatoms. The number of rotatable bonds is 5. The van der Waals surface area contributed by atoms with Crippen LogP contribution in [-0.2, 0) is 9.47 Å². The Morgan fingerprint density at radius 3 is 2.47 bits per heavy atom. The van der Waals surface area contributed by atoms with Gasteiger partial charge in [0.1, 0.15) is 0 Å². The molecule has 0 saturated heterocycles. The average molecular weight is 215 g/mol. The molecule has 15 heavy (non-hydrogen) atoms. The average Bonchev–Trinajstić information content (AvgIpc) is 2.22. The van der Waals surface area contributed by atoms with E-state index in [1.807, 2.05) is 0 Å². The Morgan fingerprint density at radius 2 is 2.00 bits per heavy atom. The first-order valence-electron chi connectivity index (χ1n) is 5.99. The van der Waals surface area contributed by atoms with Crippen LogP contribution in [0, 0.1) is 5.92 Å². The molecule has 0 radical (unpaired) electrons. The number of hydrogen-bond donors (Lipinski definition) is 1. The third kappa shape index (κ3) is 3.74. The highest BCUT2D eigenvalue weighted by atomic mass is 16.5. The molecule has 1 aliphatic rings. The molecule has 1 aliphatic carbocycles. The molecule has 0 aliphatic heterocycles. The zero-order valence-electron chi connectivity index (χ0n) is 10.3. The summed E-state index contributed by atoms with van der Waals surface area (Å²) in [4.78, 5) is 0. The first kappa shape index (κ1) is 12.9. The lowest BCUT2D eigenvalue weighted by Crippen LogP contribution is -2.46. The fraction of sp³-hybridized carbons (Fsp3) is 1.00. The molecule has 0 aromatic carbocycles. The zero-order chi connectivity index (χ0) is 11.3. The van der Waals surface area contributed by atoms with Crippen LogP contribution in [0.15, 0.2) is 0 Å². The van der Waals surface area contributed by atoms with Gasteiger partial charge in [0.05, 0.1) is 18.3 Å². The summed E-state index contributed by atoms with van der Waals surface area (Å²) in [6.45, 7) is 5.64. The summed E-state index contributed by atoms with van der Waals surface area (Å²) < 4.78 is 11.2. The summed E-state index contributed by atoms with van der Waals surface area (Å²) in [5, 5.41) is 0. The quantitative estimate of drug-likeness (QED) is 0.762. The van der Waals surface area contributed by atoms with E-state index in [1.54, 1.807) is 7.11 Å². The third-order valence-corrected chi connectivity index (χ3v) is 3.41. The van der Waals surface area contributed by atoms with Gasteiger partial charge in [0, 0.05) is 13.7 Å². The number of nitrogens with two attached hydrogens (primary N) is 1. The molecule has 1 unspecified atom stereocenters. The van der Waals surface area contributed by atoms with E-state index in [-0.39, 0.29) is 11.7 Å². The highest BCUT2D eigenvalue weighted by Gasteiger charge is 2.35. The highest BCUT2D eigenvalue weighted by molar-refractivity contribution is 4.88. The Bertz CT molecular complexity index is 176. The fourth-order valence-corrected chi connectivity index (χ4v) is 2.35.